The Bertz CT molecular complexity index is 929. The Balaban J connectivity index is 1.79. The van der Waals surface area contributed by atoms with Gasteiger partial charge in [0.15, 0.2) is 5.54 Å². The van der Waals surface area contributed by atoms with E-state index in [1.807, 2.05) is 66.7 Å². The Morgan fingerprint density at radius 3 is 2.27 bits per heavy atom. The molecule has 0 aliphatic carbocycles. The number of anilines is 2. The van der Waals surface area contributed by atoms with Crippen molar-refractivity contribution in [3.63, 3.8) is 0 Å². The van der Waals surface area contributed by atoms with E-state index in [2.05, 4.69) is 10.3 Å². The van der Waals surface area contributed by atoms with Gasteiger partial charge in [-0.3, -0.25) is 19.5 Å². The van der Waals surface area contributed by atoms with E-state index in [1.54, 1.807) is 23.4 Å². The van der Waals surface area contributed by atoms with Gasteiger partial charge in [0, 0.05) is 29.3 Å². The van der Waals surface area contributed by atoms with Crippen LogP contribution in [0.25, 0.3) is 0 Å². The molecule has 4 rings (SSSR count). The molecule has 0 spiro atoms. The molecule has 5 heteroatoms. The minimum absolute atomic E-state index is 0.0942. The van der Waals surface area contributed by atoms with Crippen LogP contribution >= 0.6 is 0 Å². The van der Waals surface area contributed by atoms with E-state index in [0.717, 1.165) is 0 Å². The molecule has 3 aromatic rings. The van der Waals surface area contributed by atoms with Gasteiger partial charge in [0.25, 0.3) is 5.91 Å². The Labute approximate surface area is 151 Å². The number of carbonyl (C=O) groups is 2. The average molecular weight is 343 g/mol. The Morgan fingerprint density at radius 2 is 1.65 bits per heavy atom. The zero-order valence-electron chi connectivity index (χ0n) is 14.0. The molecule has 1 aliphatic heterocycles. The third-order valence-corrected chi connectivity index (χ3v) is 4.60. The number of pyridine rings is 1. The Kier molecular flexibility index (Phi) is 3.97. The predicted molar refractivity (Wildman–Crippen MR) is 99.5 cm³/mol. The molecule has 1 aromatic heterocycles. The van der Waals surface area contributed by atoms with Crippen LogP contribution in [0.1, 0.15) is 12.0 Å². The molecule has 0 saturated carbocycles. The maximum Gasteiger partial charge on any atom is 0.255 e. The van der Waals surface area contributed by atoms with Gasteiger partial charge < -0.3 is 5.32 Å². The zero-order chi connectivity index (χ0) is 18.0. The van der Waals surface area contributed by atoms with E-state index < -0.39 is 5.54 Å². The van der Waals surface area contributed by atoms with Crippen molar-refractivity contribution >= 4 is 23.2 Å². The lowest BCUT2D eigenvalue weighted by molar-refractivity contribution is -0.137. The summed E-state index contributed by atoms with van der Waals surface area (Å²) >= 11 is 0. The van der Waals surface area contributed by atoms with Gasteiger partial charge in [-0.1, -0.05) is 42.5 Å². The third kappa shape index (κ3) is 2.54. The standard InChI is InChI=1S/C21H17N3O2/c25-19-14-21(16-8-7-13-22-15-16,24(19)18-11-5-2-6-12-18)20(26)23-17-9-3-1-4-10-17/h1-13,15H,14H2,(H,23,26). The smallest absolute Gasteiger partial charge is 0.255 e. The summed E-state index contributed by atoms with van der Waals surface area (Å²) in [7, 11) is 0. The zero-order valence-corrected chi connectivity index (χ0v) is 14.0. The number of benzene rings is 2. The van der Waals surface area contributed by atoms with E-state index >= 15 is 0 Å². The lowest BCUT2D eigenvalue weighted by Gasteiger charge is -2.50. The molecule has 0 bridgehead atoms. The van der Waals surface area contributed by atoms with Crippen molar-refractivity contribution in [2.75, 3.05) is 10.2 Å². The quantitative estimate of drug-likeness (QED) is 0.739. The highest BCUT2D eigenvalue weighted by Crippen LogP contribution is 2.45. The van der Waals surface area contributed by atoms with Crippen molar-refractivity contribution in [1.29, 1.82) is 0 Å². The number of para-hydroxylation sites is 2. The molecule has 2 amide bonds. The van der Waals surface area contributed by atoms with Crippen molar-refractivity contribution < 1.29 is 9.59 Å². The second kappa shape index (κ2) is 6.44. The van der Waals surface area contributed by atoms with E-state index in [9.17, 15) is 9.59 Å². The number of amides is 2. The summed E-state index contributed by atoms with van der Waals surface area (Å²) in [5.41, 5.74) is 0.962. The van der Waals surface area contributed by atoms with Gasteiger partial charge in [-0.2, -0.15) is 0 Å². The molecule has 1 fully saturated rings. The summed E-state index contributed by atoms with van der Waals surface area (Å²) in [4.78, 5) is 31.5. The molecule has 1 saturated heterocycles. The van der Waals surface area contributed by atoms with Gasteiger partial charge in [0.2, 0.25) is 5.91 Å². The van der Waals surface area contributed by atoms with Crippen LogP contribution in [-0.2, 0) is 15.1 Å². The van der Waals surface area contributed by atoms with Crippen LogP contribution in [0.3, 0.4) is 0 Å². The normalized spacial score (nSPS) is 18.9. The number of hydrogen-bond donors (Lipinski definition) is 1. The van der Waals surface area contributed by atoms with Crippen LogP contribution in [-0.4, -0.2) is 16.8 Å². The first-order valence-corrected chi connectivity index (χ1v) is 8.37. The summed E-state index contributed by atoms with van der Waals surface area (Å²) in [6.07, 6.45) is 3.40. The number of rotatable bonds is 4. The maximum atomic E-state index is 13.3. The SMILES string of the molecule is O=C1CC(C(=O)Nc2ccccc2)(c2cccnc2)N1c1ccccc1. The minimum atomic E-state index is -1.11. The summed E-state index contributed by atoms with van der Waals surface area (Å²) in [6.45, 7) is 0. The highest BCUT2D eigenvalue weighted by Gasteiger charge is 2.58. The fourth-order valence-corrected chi connectivity index (χ4v) is 3.35. The second-order valence-corrected chi connectivity index (χ2v) is 6.16. The van der Waals surface area contributed by atoms with Crippen molar-refractivity contribution in [1.82, 2.24) is 4.98 Å². The van der Waals surface area contributed by atoms with Crippen LogP contribution in [0.5, 0.6) is 0 Å². The number of carbonyl (C=O) groups excluding carboxylic acids is 2. The summed E-state index contributed by atoms with van der Waals surface area (Å²) in [6, 6.07) is 22.1. The van der Waals surface area contributed by atoms with Gasteiger partial charge in [-0.05, 0) is 30.3 Å². The topological polar surface area (TPSA) is 62.3 Å². The van der Waals surface area contributed by atoms with Crippen molar-refractivity contribution in [3.8, 4) is 0 Å². The van der Waals surface area contributed by atoms with E-state index in [1.165, 1.54) is 0 Å². The van der Waals surface area contributed by atoms with Gasteiger partial charge in [-0.25, -0.2) is 0 Å². The molecule has 5 nitrogen and oxygen atoms in total. The number of nitrogens with one attached hydrogen (secondary N) is 1. The van der Waals surface area contributed by atoms with Crippen LogP contribution in [0.4, 0.5) is 11.4 Å². The fraction of sp³-hybridized carbons (Fsp3) is 0.0952. The lowest BCUT2D eigenvalue weighted by Crippen LogP contribution is -2.67. The molecular formula is C21H17N3O2. The number of nitrogens with zero attached hydrogens (tertiary/aromatic N) is 2. The first-order valence-electron chi connectivity index (χ1n) is 8.37. The third-order valence-electron chi connectivity index (χ3n) is 4.60. The molecule has 128 valence electrons. The Hall–Kier alpha value is -3.47. The van der Waals surface area contributed by atoms with Gasteiger partial charge >= 0.3 is 0 Å². The predicted octanol–water partition coefficient (Wildman–Crippen LogP) is 3.35. The molecule has 1 atom stereocenters. The van der Waals surface area contributed by atoms with E-state index in [4.69, 9.17) is 0 Å². The second-order valence-electron chi connectivity index (χ2n) is 6.16. The number of hydrogen-bond acceptors (Lipinski definition) is 3. The van der Waals surface area contributed by atoms with Crippen LogP contribution in [0.15, 0.2) is 85.2 Å². The molecule has 1 N–H and O–H groups in total. The summed E-state index contributed by atoms with van der Waals surface area (Å²) < 4.78 is 0. The number of aromatic nitrogens is 1. The van der Waals surface area contributed by atoms with Crippen LogP contribution < -0.4 is 10.2 Å². The average Bonchev–Trinajstić information content (AvgIpc) is 2.68. The Morgan fingerprint density at radius 1 is 0.962 bits per heavy atom. The summed E-state index contributed by atoms with van der Waals surface area (Å²) in [5.74, 6) is -0.344. The molecule has 2 aromatic carbocycles. The van der Waals surface area contributed by atoms with Crippen molar-refractivity contribution in [2.24, 2.45) is 0 Å². The number of β-lactam (4-membered cyclic amide) rings is 1. The maximum absolute atomic E-state index is 13.3. The van der Waals surface area contributed by atoms with Crippen molar-refractivity contribution in [2.45, 2.75) is 12.0 Å². The first kappa shape index (κ1) is 16.0. The summed E-state index contributed by atoms with van der Waals surface area (Å²) in [5, 5.41) is 2.94. The molecule has 2 heterocycles. The van der Waals surface area contributed by atoms with Crippen LogP contribution in [0, 0.1) is 0 Å². The highest BCUT2D eigenvalue weighted by molar-refractivity contribution is 6.16. The minimum Gasteiger partial charge on any atom is -0.324 e. The molecule has 1 aliphatic rings. The largest absolute Gasteiger partial charge is 0.324 e. The molecule has 1 unspecified atom stereocenters. The molecule has 0 radical (unpaired) electrons. The monoisotopic (exact) mass is 343 g/mol. The van der Waals surface area contributed by atoms with E-state index in [0.29, 0.717) is 16.9 Å². The highest BCUT2D eigenvalue weighted by atomic mass is 16.2. The van der Waals surface area contributed by atoms with Gasteiger partial charge in [0.05, 0.1) is 6.42 Å². The van der Waals surface area contributed by atoms with Crippen molar-refractivity contribution in [3.05, 3.63) is 90.8 Å². The fourth-order valence-electron chi connectivity index (χ4n) is 3.35. The van der Waals surface area contributed by atoms with Gasteiger partial charge in [0.1, 0.15) is 0 Å². The van der Waals surface area contributed by atoms with E-state index in [-0.39, 0.29) is 18.2 Å². The van der Waals surface area contributed by atoms with Crippen LogP contribution in [0.2, 0.25) is 0 Å². The molecular weight excluding hydrogens is 326 g/mol. The first-order chi connectivity index (χ1) is 12.7. The lowest BCUT2D eigenvalue weighted by atomic mass is 9.76. The molecule has 26 heavy (non-hydrogen) atoms. The van der Waals surface area contributed by atoms with Gasteiger partial charge in [-0.15, -0.1) is 0 Å².